The zero-order valence-electron chi connectivity index (χ0n) is 9.82. The fourth-order valence-corrected chi connectivity index (χ4v) is 2.44. The fourth-order valence-electron chi connectivity index (χ4n) is 2.44. The van der Waals surface area contributed by atoms with E-state index in [2.05, 4.69) is 23.8 Å². The highest BCUT2D eigenvalue weighted by Crippen LogP contribution is 2.14. The lowest BCUT2D eigenvalue weighted by molar-refractivity contribution is -0.0503. The van der Waals surface area contributed by atoms with Crippen LogP contribution >= 0.6 is 0 Å². The predicted molar refractivity (Wildman–Crippen MR) is 59.1 cm³/mol. The van der Waals surface area contributed by atoms with E-state index >= 15 is 0 Å². The van der Waals surface area contributed by atoms with Crippen molar-refractivity contribution in [1.82, 2.24) is 9.80 Å². The van der Waals surface area contributed by atoms with E-state index in [0.717, 1.165) is 46.1 Å². The van der Waals surface area contributed by atoms with Crippen molar-refractivity contribution >= 4 is 0 Å². The van der Waals surface area contributed by atoms with Crippen LogP contribution in [0.1, 0.15) is 6.92 Å². The highest BCUT2D eigenvalue weighted by molar-refractivity contribution is 4.85. The maximum Gasteiger partial charge on any atom is 0.0637 e. The minimum Gasteiger partial charge on any atom is -0.379 e. The van der Waals surface area contributed by atoms with Crippen LogP contribution in [0.5, 0.6) is 0 Å². The molecular formula is C11H22N2O2. The molecule has 2 unspecified atom stereocenters. The van der Waals surface area contributed by atoms with Crippen molar-refractivity contribution in [3.63, 3.8) is 0 Å². The molecule has 0 spiro atoms. The number of ether oxygens (including phenoxy) is 2. The van der Waals surface area contributed by atoms with Crippen molar-refractivity contribution in [2.45, 2.75) is 19.0 Å². The Morgan fingerprint density at radius 1 is 1.07 bits per heavy atom. The van der Waals surface area contributed by atoms with Crippen LogP contribution in [0.25, 0.3) is 0 Å². The molecule has 4 heteroatoms. The first kappa shape index (κ1) is 11.3. The summed E-state index contributed by atoms with van der Waals surface area (Å²) in [7, 11) is 2.20. The molecule has 2 heterocycles. The molecule has 0 bridgehead atoms. The molecule has 0 N–H and O–H groups in total. The van der Waals surface area contributed by atoms with Crippen LogP contribution in [0.2, 0.25) is 0 Å². The van der Waals surface area contributed by atoms with Gasteiger partial charge in [-0.2, -0.15) is 0 Å². The topological polar surface area (TPSA) is 24.9 Å². The van der Waals surface area contributed by atoms with E-state index in [-0.39, 0.29) is 0 Å². The third kappa shape index (κ3) is 2.69. The van der Waals surface area contributed by atoms with Gasteiger partial charge in [-0.05, 0) is 14.0 Å². The Labute approximate surface area is 92.1 Å². The fraction of sp³-hybridized carbons (Fsp3) is 1.00. The molecule has 0 radical (unpaired) electrons. The molecule has 4 nitrogen and oxygen atoms in total. The second-order valence-corrected chi connectivity index (χ2v) is 4.51. The molecular weight excluding hydrogens is 192 g/mol. The highest BCUT2D eigenvalue weighted by Gasteiger charge is 2.29. The lowest BCUT2D eigenvalue weighted by Crippen LogP contribution is -2.56. The van der Waals surface area contributed by atoms with Crippen molar-refractivity contribution < 1.29 is 9.47 Å². The van der Waals surface area contributed by atoms with Gasteiger partial charge in [-0.3, -0.25) is 9.80 Å². The molecule has 0 aromatic rings. The zero-order chi connectivity index (χ0) is 10.7. The number of rotatable bonds is 2. The molecule has 88 valence electrons. The molecule has 2 atom stereocenters. The molecule has 2 rings (SSSR count). The third-order valence-electron chi connectivity index (χ3n) is 3.62. The minimum atomic E-state index is 0.539. The SMILES string of the molecule is CC(C1COCCN1C)N1CCOCC1. The first-order valence-electron chi connectivity index (χ1n) is 5.89. The standard InChI is InChI=1S/C11H22N2O2/c1-10(13-4-7-14-8-5-13)11-9-15-6-3-12(11)2/h10-11H,3-9H2,1-2H3. The summed E-state index contributed by atoms with van der Waals surface area (Å²) in [4.78, 5) is 4.93. The summed E-state index contributed by atoms with van der Waals surface area (Å²) in [6, 6.07) is 1.11. The largest absolute Gasteiger partial charge is 0.379 e. The summed E-state index contributed by atoms with van der Waals surface area (Å²) in [6.07, 6.45) is 0. The van der Waals surface area contributed by atoms with Crippen molar-refractivity contribution in [3.8, 4) is 0 Å². The number of morpholine rings is 2. The predicted octanol–water partition coefficient (Wildman–Crippen LogP) is 0.0377. The van der Waals surface area contributed by atoms with Gasteiger partial charge in [0.2, 0.25) is 0 Å². The summed E-state index contributed by atoms with van der Waals surface area (Å²) in [5, 5.41) is 0. The van der Waals surface area contributed by atoms with Crippen molar-refractivity contribution in [3.05, 3.63) is 0 Å². The highest BCUT2D eigenvalue weighted by atomic mass is 16.5. The maximum absolute atomic E-state index is 5.56. The molecule has 2 saturated heterocycles. The molecule has 2 aliphatic rings. The van der Waals surface area contributed by atoms with Gasteiger partial charge in [0, 0.05) is 31.7 Å². The summed E-state index contributed by atoms with van der Waals surface area (Å²) >= 11 is 0. The van der Waals surface area contributed by atoms with E-state index in [9.17, 15) is 0 Å². The van der Waals surface area contributed by atoms with Crippen LogP contribution in [0, 0.1) is 0 Å². The number of hydrogen-bond acceptors (Lipinski definition) is 4. The summed E-state index contributed by atoms with van der Waals surface area (Å²) in [5.41, 5.74) is 0. The van der Waals surface area contributed by atoms with Gasteiger partial charge in [0.15, 0.2) is 0 Å². The van der Waals surface area contributed by atoms with E-state index in [1.807, 2.05) is 0 Å². The quantitative estimate of drug-likeness (QED) is 0.648. The third-order valence-corrected chi connectivity index (χ3v) is 3.62. The number of likely N-dealkylation sites (N-methyl/N-ethyl adjacent to an activating group) is 1. The molecule has 2 fully saturated rings. The van der Waals surface area contributed by atoms with Gasteiger partial charge in [-0.25, -0.2) is 0 Å². The number of hydrogen-bond donors (Lipinski definition) is 0. The monoisotopic (exact) mass is 214 g/mol. The van der Waals surface area contributed by atoms with Crippen LogP contribution in [0.3, 0.4) is 0 Å². The van der Waals surface area contributed by atoms with Gasteiger partial charge in [0.1, 0.15) is 0 Å². The maximum atomic E-state index is 5.56. The summed E-state index contributed by atoms with van der Waals surface area (Å²) < 4.78 is 10.9. The Balaban J connectivity index is 1.89. The summed E-state index contributed by atoms with van der Waals surface area (Å²) in [5.74, 6) is 0. The van der Waals surface area contributed by atoms with Gasteiger partial charge >= 0.3 is 0 Å². The van der Waals surface area contributed by atoms with Crippen LogP contribution in [-0.2, 0) is 9.47 Å². The first-order valence-corrected chi connectivity index (χ1v) is 5.89. The molecule has 0 aliphatic carbocycles. The molecule has 2 aliphatic heterocycles. The number of nitrogens with zero attached hydrogens (tertiary/aromatic N) is 2. The zero-order valence-corrected chi connectivity index (χ0v) is 9.82. The van der Waals surface area contributed by atoms with Crippen LogP contribution < -0.4 is 0 Å². The first-order chi connectivity index (χ1) is 7.29. The second-order valence-electron chi connectivity index (χ2n) is 4.51. The van der Waals surface area contributed by atoms with Gasteiger partial charge in [0.05, 0.1) is 26.4 Å². The lowest BCUT2D eigenvalue weighted by atomic mass is 10.1. The van der Waals surface area contributed by atoms with Crippen molar-refractivity contribution in [1.29, 1.82) is 0 Å². The smallest absolute Gasteiger partial charge is 0.0637 e. The Morgan fingerprint density at radius 2 is 1.73 bits per heavy atom. The van der Waals surface area contributed by atoms with Gasteiger partial charge in [-0.15, -0.1) is 0 Å². The average Bonchev–Trinajstić information content (AvgIpc) is 2.30. The van der Waals surface area contributed by atoms with Crippen LogP contribution in [-0.4, -0.2) is 75.0 Å². The molecule has 0 aromatic carbocycles. The van der Waals surface area contributed by atoms with Gasteiger partial charge < -0.3 is 9.47 Å². The Bertz CT molecular complexity index is 195. The van der Waals surface area contributed by atoms with Gasteiger partial charge in [-0.1, -0.05) is 0 Å². The molecule has 0 amide bonds. The van der Waals surface area contributed by atoms with E-state index in [1.54, 1.807) is 0 Å². The summed E-state index contributed by atoms with van der Waals surface area (Å²) in [6.45, 7) is 8.98. The Morgan fingerprint density at radius 3 is 2.40 bits per heavy atom. The average molecular weight is 214 g/mol. The Kier molecular flexibility index (Phi) is 3.97. The van der Waals surface area contributed by atoms with Crippen molar-refractivity contribution in [2.75, 3.05) is 53.1 Å². The van der Waals surface area contributed by atoms with E-state index in [0.29, 0.717) is 12.1 Å². The molecule has 0 aromatic heterocycles. The molecule has 0 saturated carbocycles. The Hall–Kier alpha value is -0.160. The van der Waals surface area contributed by atoms with E-state index < -0.39 is 0 Å². The minimum absolute atomic E-state index is 0.539. The van der Waals surface area contributed by atoms with E-state index in [1.165, 1.54) is 0 Å². The van der Waals surface area contributed by atoms with Gasteiger partial charge in [0.25, 0.3) is 0 Å². The van der Waals surface area contributed by atoms with E-state index in [4.69, 9.17) is 9.47 Å². The normalized spacial score (nSPS) is 32.8. The van der Waals surface area contributed by atoms with Crippen LogP contribution in [0.4, 0.5) is 0 Å². The lowest BCUT2D eigenvalue weighted by Gasteiger charge is -2.42. The van der Waals surface area contributed by atoms with Crippen LogP contribution in [0.15, 0.2) is 0 Å². The molecule has 15 heavy (non-hydrogen) atoms. The van der Waals surface area contributed by atoms with Crippen molar-refractivity contribution in [2.24, 2.45) is 0 Å². The second kappa shape index (κ2) is 5.25.